The Balaban J connectivity index is 1.55. The van der Waals surface area contributed by atoms with Gasteiger partial charge in [0, 0.05) is 0 Å². The van der Waals surface area contributed by atoms with Gasteiger partial charge in [-0.1, -0.05) is 103 Å². The zero-order valence-corrected chi connectivity index (χ0v) is 22.4. The summed E-state index contributed by atoms with van der Waals surface area (Å²) in [6.07, 6.45) is 31.0. The third-order valence-electron chi connectivity index (χ3n) is 8.45. The van der Waals surface area contributed by atoms with Gasteiger partial charge in [0.05, 0.1) is 24.4 Å². The lowest BCUT2D eigenvalue weighted by molar-refractivity contribution is -0.112. The predicted molar refractivity (Wildman–Crippen MR) is 136 cm³/mol. The molecule has 4 saturated carbocycles. The van der Waals surface area contributed by atoms with Crippen molar-refractivity contribution in [3.8, 4) is 0 Å². The molecular weight excluding hydrogens is 428 g/mol. The average molecular weight is 481 g/mol. The molecule has 4 rings (SSSR count). The van der Waals surface area contributed by atoms with Crippen molar-refractivity contribution in [2.24, 2.45) is 0 Å². The van der Waals surface area contributed by atoms with E-state index in [1.165, 1.54) is 103 Å². The summed E-state index contributed by atoms with van der Waals surface area (Å²) in [7, 11) is -3.23. The molecule has 192 valence electrons. The van der Waals surface area contributed by atoms with Crippen LogP contribution in [0.2, 0.25) is 0 Å². The van der Waals surface area contributed by atoms with Gasteiger partial charge in [-0.3, -0.25) is 0 Å². The lowest BCUT2D eigenvalue weighted by atomic mass is 10.2. The van der Waals surface area contributed by atoms with Crippen LogP contribution in [0.15, 0.2) is 0 Å². The van der Waals surface area contributed by atoms with Crippen LogP contribution in [0.25, 0.3) is 0 Å². The summed E-state index contributed by atoms with van der Waals surface area (Å²) in [5, 5.41) is 0. The van der Waals surface area contributed by atoms with Gasteiger partial charge in [-0.2, -0.15) is 0 Å². The van der Waals surface area contributed by atoms with E-state index in [-0.39, 0.29) is 24.4 Å². The zero-order valence-electron chi connectivity index (χ0n) is 21.4. The minimum atomic E-state index is -3.23. The molecule has 4 aliphatic carbocycles. The number of hydrogen-bond donors (Lipinski definition) is 0. The maximum Gasteiger partial charge on any atom is 0.680 e. The summed E-state index contributed by atoms with van der Waals surface area (Å²) >= 11 is 0. The van der Waals surface area contributed by atoms with Crippen LogP contribution in [0.1, 0.15) is 154 Å². The van der Waals surface area contributed by atoms with Gasteiger partial charge in [0.2, 0.25) is 0 Å². The van der Waals surface area contributed by atoms with Crippen molar-refractivity contribution in [1.82, 2.24) is 0 Å². The van der Waals surface area contributed by atoms with E-state index in [0.717, 1.165) is 51.4 Å². The largest absolute Gasteiger partial charge is 0.680 e. The molecule has 4 aliphatic rings. The Labute approximate surface area is 205 Å². The van der Waals surface area contributed by atoms with Gasteiger partial charge in [0.25, 0.3) is 0 Å². The second-order valence-electron chi connectivity index (χ2n) is 11.4. The van der Waals surface area contributed by atoms with Crippen molar-refractivity contribution in [2.75, 3.05) is 0 Å². The Morgan fingerprint density at radius 2 is 0.455 bits per heavy atom. The highest BCUT2D eigenvalue weighted by Crippen LogP contribution is 2.34. The van der Waals surface area contributed by atoms with Gasteiger partial charge in [-0.15, -0.1) is 0 Å². The molecule has 0 aromatic rings. The van der Waals surface area contributed by atoms with E-state index in [1.807, 2.05) is 0 Å². The highest BCUT2D eigenvalue weighted by Gasteiger charge is 2.53. The lowest BCUT2D eigenvalue weighted by Crippen LogP contribution is -2.57. The fourth-order valence-electron chi connectivity index (χ4n) is 6.42. The number of hydrogen-bond acceptors (Lipinski definition) is 4. The van der Waals surface area contributed by atoms with Crippen LogP contribution >= 0.6 is 0 Å². The van der Waals surface area contributed by atoms with Crippen molar-refractivity contribution in [1.29, 1.82) is 0 Å². The second kappa shape index (κ2) is 14.6. The molecule has 33 heavy (non-hydrogen) atoms. The fourth-order valence-corrected chi connectivity index (χ4v) is 9.33. The maximum atomic E-state index is 7.06. The Morgan fingerprint density at radius 1 is 0.273 bits per heavy atom. The van der Waals surface area contributed by atoms with Crippen molar-refractivity contribution in [2.45, 2.75) is 179 Å². The van der Waals surface area contributed by atoms with Crippen LogP contribution in [0, 0.1) is 0 Å². The predicted octanol–water partition coefficient (Wildman–Crippen LogP) is 8.38. The standard InChI is InChI=1S/C28H52O4Si/c1-2-10-18-25(17-9-1)29-33(30-26-19-11-3-4-12-20-26,31-27-21-13-5-6-14-22-27)32-28-23-15-7-8-16-24-28/h25-28H,1-24H2. The summed E-state index contributed by atoms with van der Waals surface area (Å²) in [6.45, 7) is 0. The van der Waals surface area contributed by atoms with Gasteiger partial charge in [-0.05, 0) is 51.4 Å². The topological polar surface area (TPSA) is 36.9 Å². The minimum Gasteiger partial charge on any atom is -0.348 e. The molecule has 0 amide bonds. The van der Waals surface area contributed by atoms with Gasteiger partial charge in [-0.25, -0.2) is 0 Å². The third-order valence-corrected chi connectivity index (χ3v) is 10.9. The molecule has 0 bridgehead atoms. The molecule has 4 fully saturated rings. The fraction of sp³-hybridized carbons (Fsp3) is 1.00. The Kier molecular flexibility index (Phi) is 11.5. The van der Waals surface area contributed by atoms with Crippen LogP contribution < -0.4 is 0 Å². The molecule has 5 heteroatoms. The summed E-state index contributed by atoms with van der Waals surface area (Å²) in [5.41, 5.74) is 0. The number of rotatable bonds is 8. The molecule has 0 unspecified atom stereocenters. The second-order valence-corrected chi connectivity index (χ2v) is 13.4. The Bertz CT molecular complexity index is 405. The van der Waals surface area contributed by atoms with Crippen molar-refractivity contribution < 1.29 is 17.7 Å². The first kappa shape index (κ1) is 26.1. The SMILES string of the molecule is C1CCCC(O[Si](OC2CCCCCC2)(OC2CCCCCC2)OC2CCCCCC2)CC1. The van der Waals surface area contributed by atoms with Crippen molar-refractivity contribution in [3.05, 3.63) is 0 Å². The Morgan fingerprint density at radius 3 is 0.636 bits per heavy atom. The zero-order chi connectivity index (χ0) is 22.6. The molecule has 0 N–H and O–H groups in total. The third kappa shape index (κ3) is 9.22. The van der Waals surface area contributed by atoms with E-state index in [9.17, 15) is 0 Å². The van der Waals surface area contributed by atoms with Crippen LogP contribution in [-0.2, 0) is 17.7 Å². The van der Waals surface area contributed by atoms with E-state index in [0.29, 0.717) is 0 Å². The molecule has 4 nitrogen and oxygen atoms in total. The average Bonchev–Trinajstić information content (AvgIpc) is 3.39. The quantitative estimate of drug-likeness (QED) is 0.258. The Hall–Kier alpha value is 0.0569. The first-order valence-corrected chi connectivity index (χ1v) is 16.7. The normalized spacial score (nSPS) is 26.9. The summed E-state index contributed by atoms with van der Waals surface area (Å²) in [5.74, 6) is 0. The van der Waals surface area contributed by atoms with Crippen molar-refractivity contribution >= 4 is 9.05 Å². The van der Waals surface area contributed by atoms with Crippen molar-refractivity contribution in [3.63, 3.8) is 0 Å². The molecule has 0 radical (unpaired) electrons. The van der Waals surface area contributed by atoms with E-state index >= 15 is 0 Å². The van der Waals surface area contributed by atoms with Crippen LogP contribution in [0.3, 0.4) is 0 Å². The molecule has 0 aromatic heterocycles. The molecule has 0 atom stereocenters. The smallest absolute Gasteiger partial charge is 0.348 e. The van der Waals surface area contributed by atoms with E-state index < -0.39 is 9.05 Å². The summed E-state index contributed by atoms with van der Waals surface area (Å²) in [4.78, 5) is 0. The molecule has 0 heterocycles. The van der Waals surface area contributed by atoms with Gasteiger partial charge < -0.3 is 17.7 Å². The monoisotopic (exact) mass is 480 g/mol. The molecule has 0 spiro atoms. The van der Waals surface area contributed by atoms with Gasteiger partial charge in [0.15, 0.2) is 0 Å². The van der Waals surface area contributed by atoms with E-state index in [1.54, 1.807) is 0 Å². The van der Waals surface area contributed by atoms with Crippen LogP contribution in [0.4, 0.5) is 0 Å². The van der Waals surface area contributed by atoms with Gasteiger partial charge in [0.1, 0.15) is 0 Å². The van der Waals surface area contributed by atoms with E-state index in [2.05, 4.69) is 0 Å². The first-order valence-electron chi connectivity index (χ1n) is 15.0. The molecule has 0 aromatic carbocycles. The molecule has 0 aliphatic heterocycles. The lowest BCUT2D eigenvalue weighted by Gasteiger charge is -2.38. The molecular formula is C28H52O4Si. The molecule has 0 saturated heterocycles. The highest BCUT2D eigenvalue weighted by molar-refractivity contribution is 6.53. The summed E-state index contributed by atoms with van der Waals surface area (Å²) in [6, 6.07) is 0. The van der Waals surface area contributed by atoms with Gasteiger partial charge >= 0.3 is 9.05 Å². The summed E-state index contributed by atoms with van der Waals surface area (Å²) < 4.78 is 28.2. The maximum absolute atomic E-state index is 7.06. The van der Waals surface area contributed by atoms with E-state index in [4.69, 9.17) is 17.7 Å². The van der Waals surface area contributed by atoms with Crippen LogP contribution in [-0.4, -0.2) is 33.5 Å². The highest BCUT2D eigenvalue weighted by atomic mass is 28.4. The minimum absolute atomic E-state index is 0.251. The van der Waals surface area contributed by atoms with Crippen LogP contribution in [0.5, 0.6) is 0 Å². The first-order chi connectivity index (χ1) is 16.3.